The minimum Gasteiger partial charge on any atom is -0.460 e. The van der Waals surface area contributed by atoms with Gasteiger partial charge in [-0.05, 0) is 68.4 Å². The highest BCUT2D eigenvalue weighted by Gasteiger charge is 2.21. The molecule has 1 amide bonds. The third kappa shape index (κ3) is 8.90. The molecular formula is C35H37N7O5. The fourth-order valence-corrected chi connectivity index (χ4v) is 5.03. The second-order valence-corrected chi connectivity index (χ2v) is 11.4. The Labute approximate surface area is 273 Å². The van der Waals surface area contributed by atoms with Gasteiger partial charge in [0.15, 0.2) is 5.78 Å². The van der Waals surface area contributed by atoms with Crippen LogP contribution in [0.5, 0.6) is 0 Å². The molecule has 12 nitrogen and oxygen atoms in total. The number of carbonyl (C=O) groups excluding carboxylic acids is 4. The summed E-state index contributed by atoms with van der Waals surface area (Å²) in [4.78, 5) is 67.1. The van der Waals surface area contributed by atoms with Crippen LogP contribution in [0.25, 0.3) is 11.3 Å². The van der Waals surface area contributed by atoms with Gasteiger partial charge >= 0.3 is 5.97 Å². The van der Waals surface area contributed by atoms with E-state index in [2.05, 4.69) is 47.2 Å². The van der Waals surface area contributed by atoms with Gasteiger partial charge in [-0.3, -0.25) is 24.3 Å². The molecule has 4 aromatic rings. The molecule has 0 saturated carbocycles. The molecule has 3 heterocycles. The molecule has 0 bridgehead atoms. The standard InChI is InChI=1S/C35H37N7O5/c1-4-47-34(46)32(44)19-31(43)27-17-26(20-36-21-27)29-11-12-37-35(39-29)40-30-18-28(10-5-23(30)2)38-33(45)25-8-6-24(7-9-25)22-42-15-13-41(3)14-16-42/h5-12,17-18,20-21H,4,13-16,19,22H2,1-3H3,(H,38,45)(H,37,39,40). The fourth-order valence-electron chi connectivity index (χ4n) is 5.03. The summed E-state index contributed by atoms with van der Waals surface area (Å²) in [6.45, 7) is 8.60. The van der Waals surface area contributed by atoms with Crippen molar-refractivity contribution in [2.24, 2.45) is 0 Å². The Bertz CT molecular complexity index is 1770. The molecule has 0 spiro atoms. The number of benzene rings is 2. The lowest BCUT2D eigenvalue weighted by atomic mass is 10.0. The van der Waals surface area contributed by atoms with Gasteiger partial charge in [-0.15, -0.1) is 0 Å². The number of esters is 1. The highest BCUT2D eigenvalue weighted by molar-refractivity contribution is 6.38. The number of piperazine rings is 1. The highest BCUT2D eigenvalue weighted by Crippen LogP contribution is 2.25. The zero-order valence-electron chi connectivity index (χ0n) is 26.7. The molecule has 5 rings (SSSR count). The number of Topliss-reactive ketones (excluding diaryl/α,β-unsaturated/α-hetero) is 2. The van der Waals surface area contributed by atoms with E-state index >= 15 is 0 Å². The van der Waals surface area contributed by atoms with Crippen molar-refractivity contribution in [3.63, 3.8) is 0 Å². The lowest BCUT2D eigenvalue weighted by molar-refractivity contribution is -0.153. The second kappa shape index (κ2) is 15.3. The number of nitrogens with zero attached hydrogens (tertiary/aromatic N) is 5. The summed E-state index contributed by atoms with van der Waals surface area (Å²) in [7, 11) is 2.14. The summed E-state index contributed by atoms with van der Waals surface area (Å²) >= 11 is 0. The Balaban J connectivity index is 1.23. The van der Waals surface area contributed by atoms with E-state index < -0.39 is 24.0 Å². The summed E-state index contributed by atoms with van der Waals surface area (Å²) < 4.78 is 4.67. The van der Waals surface area contributed by atoms with E-state index in [4.69, 9.17) is 0 Å². The molecule has 2 aromatic heterocycles. The Morgan fingerprint density at radius 3 is 2.43 bits per heavy atom. The van der Waals surface area contributed by atoms with Crippen LogP contribution >= 0.6 is 0 Å². The number of aromatic nitrogens is 3. The number of amides is 1. The number of nitrogens with one attached hydrogen (secondary N) is 2. The van der Waals surface area contributed by atoms with Crippen LogP contribution in [0.1, 0.15) is 45.2 Å². The molecule has 2 N–H and O–H groups in total. The molecule has 47 heavy (non-hydrogen) atoms. The maximum atomic E-state index is 13.1. The Morgan fingerprint density at radius 2 is 1.68 bits per heavy atom. The molecular weight excluding hydrogens is 598 g/mol. The van der Waals surface area contributed by atoms with Crippen molar-refractivity contribution < 1.29 is 23.9 Å². The molecule has 1 fully saturated rings. The van der Waals surface area contributed by atoms with Crippen molar-refractivity contribution in [2.75, 3.05) is 50.5 Å². The van der Waals surface area contributed by atoms with Crippen molar-refractivity contribution in [1.29, 1.82) is 0 Å². The third-order valence-corrected chi connectivity index (χ3v) is 7.80. The Morgan fingerprint density at radius 1 is 0.915 bits per heavy atom. The van der Waals surface area contributed by atoms with Crippen molar-refractivity contribution in [1.82, 2.24) is 24.8 Å². The van der Waals surface area contributed by atoms with Crippen molar-refractivity contribution in [2.45, 2.75) is 26.8 Å². The summed E-state index contributed by atoms with van der Waals surface area (Å²) in [5.74, 6) is -2.43. The number of likely N-dealkylation sites (N-methyl/N-ethyl adjacent to an activating group) is 1. The molecule has 1 aliphatic heterocycles. The van der Waals surface area contributed by atoms with E-state index in [1.807, 2.05) is 49.4 Å². The van der Waals surface area contributed by atoms with E-state index in [9.17, 15) is 19.2 Å². The van der Waals surface area contributed by atoms with Crippen LogP contribution in [0.2, 0.25) is 0 Å². The first-order valence-corrected chi connectivity index (χ1v) is 15.4. The first kappa shape index (κ1) is 33.0. The van der Waals surface area contributed by atoms with Crippen LogP contribution < -0.4 is 10.6 Å². The van der Waals surface area contributed by atoms with E-state index in [1.54, 1.807) is 25.3 Å². The summed E-state index contributed by atoms with van der Waals surface area (Å²) in [6.07, 6.45) is 3.82. The van der Waals surface area contributed by atoms with Crippen molar-refractivity contribution in [3.05, 3.63) is 95.4 Å². The van der Waals surface area contributed by atoms with Gasteiger partial charge in [0.1, 0.15) is 0 Å². The summed E-state index contributed by atoms with van der Waals surface area (Å²) in [6, 6.07) is 16.5. The molecule has 242 valence electrons. The lowest BCUT2D eigenvalue weighted by Gasteiger charge is -2.32. The number of pyridine rings is 1. The van der Waals surface area contributed by atoms with Gasteiger partial charge in [0.05, 0.1) is 18.7 Å². The minimum absolute atomic E-state index is 0.0461. The molecule has 0 atom stereocenters. The Kier molecular flexibility index (Phi) is 10.8. The van der Waals surface area contributed by atoms with Gasteiger partial charge in [0, 0.05) is 79.4 Å². The van der Waals surface area contributed by atoms with Crippen LogP contribution in [0.3, 0.4) is 0 Å². The van der Waals surface area contributed by atoms with Crippen molar-refractivity contribution >= 4 is 40.8 Å². The molecule has 1 saturated heterocycles. The topological polar surface area (TPSA) is 147 Å². The predicted molar refractivity (Wildman–Crippen MR) is 177 cm³/mol. The Hall–Kier alpha value is -5.33. The van der Waals surface area contributed by atoms with Crippen molar-refractivity contribution in [3.8, 4) is 11.3 Å². The number of carbonyl (C=O) groups is 4. The number of hydrogen-bond donors (Lipinski definition) is 2. The van der Waals surface area contributed by atoms with Crippen LogP contribution in [0, 0.1) is 6.92 Å². The molecule has 0 aliphatic carbocycles. The largest absolute Gasteiger partial charge is 0.460 e. The van der Waals surface area contributed by atoms with Gasteiger partial charge in [0.2, 0.25) is 11.7 Å². The third-order valence-electron chi connectivity index (χ3n) is 7.80. The monoisotopic (exact) mass is 635 g/mol. The lowest BCUT2D eigenvalue weighted by Crippen LogP contribution is -2.43. The average Bonchev–Trinajstić information content (AvgIpc) is 3.08. The number of aryl methyl sites for hydroxylation is 1. The van der Waals surface area contributed by atoms with Crippen LogP contribution in [-0.4, -0.2) is 88.0 Å². The summed E-state index contributed by atoms with van der Waals surface area (Å²) in [5, 5.41) is 6.18. The minimum atomic E-state index is -1.04. The van der Waals surface area contributed by atoms with E-state index in [0.29, 0.717) is 34.1 Å². The van der Waals surface area contributed by atoms with Gasteiger partial charge < -0.3 is 20.3 Å². The molecule has 1 aliphatic rings. The first-order chi connectivity index (χ1) is 22.7. The SMILES string of the molecule is CCOC(=O)C(=O)CC(=O)c1cncc(-c2ccnc(Nc3cc(NC(=O)c4ccc(CN5CCN(C)CC5)cc4)ccc3C)n2)c1. The molecule has 12 heteroatoms. The zero-order chi connectivity index (χ0) is 33.3. The predicted octanol–water partition coefficient (Wildman–Crippen LogP) is 4.30. The fraction of sp³-hybridized carbons (Fsp3) is 0.286. The molecule has 2 aromatic carbocycles. The van der Waals surface area contributed by atoms with Crippen LogP contribution in [-0.2, 0) is 20.9 Å². The number of rotatable bonds is 12. The molecule has 0 unspecified atom stereocenters. The quantitative estimate of drug-likeness (QED) is 0.0994. The van der Waals surface area contributed by atoms with E-state index in [1.165, 1.54) is 18.0 Å². The van der Waals surface area contributed by atoms with Crippen LogP contribution in [0.4, 0.5) is 17.3 Å². The van der Waals surface area contributed by atoms with Gasteiger partial charge in [0.25, 0.3) is 5.91 Å². The van der Waals surface area contributed by atoms with Gasteiger partial charge in [-0.2, -0.15) is 0 Å². The van der Waals surface area contributed by atoms with Gasteiger partial charge in [-0.1, -0.05) is 18.2 Å². The number of anilines is 3. The normalized spacial score (nSPS) is 13.5. The highest BCUT2D eigenvalue weighted by atomic mass is 16.5. The maximum absolute atomic E-state index is 13.1. The van der Waals surface area contributed by atoms with E-state index in [0.717, 1.165) is 38.3 Å². The summed E-state index contributed by atoms with van der Waals surface area (Å²) in [5.41, 5.74) is 5.13. The van der Waals surface area contributed by atoms with Gasteiger partial charge in [-0.25, -0.2) is 14.8 Å². The maximum Gasteiger partial charge on any atom is 0.375 e. The number of ether oxygens (including phenoxy) is 1. The number of hydrogen-bond acceptors (Lipinski definition) is 11. The number of ketones is 2. The zero-order valence-corrected chi connectivity index (χ0v) is 26.7. The first-order valence-electron chi connectivity index (χ1n) is 15.4. The smallest absolute Gasteiger partial charge is 0.375 e. The average molecular weight is 636 g/mol. The van der Waals surface area contributed by atoms with E-state index in [-0.39, 0.29) is 18.1 Å². The van der Waals surface area contributed by atoms with Crippen LogP contribution in [0.15, 0.2) is 73.2 Å². The second-order valence-electron chi connectivity index (χ2n) is 11.4. The molecule has 0 radical (unpaired) electrons.